The van der Waals surface area contributed by atoms with Crippen LogP contribution in [-0.2, 0) is 16.0 Å². The lowest BCUT2D eigenvalue weighted by molar-refractivity contribution is -0.149. The molecule has 2 aliphatic rings. The monoisotopic (exact) mass is 348 g/mol. The van der Waals surface area contributed by atoms with Crippen molar-refractivity contribution in [3.63, 3.8) is 0 Å². The van der Waals surface area contributed by atoms with Gasteiger partial charge < -0.3 is 20.3 Å². The van der Waals surface area contributed by atoms with Crippen molar-refractivity contribution < 1.29 is 19.5 Å². The normalized spacial score (nSPS) is 25.2. The maximum absolute atomic E-state index is 12.7. The highest BCUT2D eigenvalue weighted by Gasteiger charge is 2.60. The van der Waals surface area contributed by atoms with Crippen molar-refractivity contribution in [1.82, 2.24) is 20.2 Å². The first-order valence-corrected chi connectivity index (χ1v) is 8.13. The minimum Gasteiger partial charge on any atom is -0.481 e. The van der Waals surface area contributed by atoms with Gasteiger partial charge in [-0.3, -0.25) is 14.4 Å². The van der Waals surface area contributed by atoms with E-state index in [1.54, 1.807) is 0 Å². The molecule has 3 rings (SSSR count). The number of nitrogens with one attached hydrogen (secondary N) is 2. The molecular formula is C16H20N4O5. The lowest BCUT2D eigenvalue weighted by atomic mass is 9.81. The van der Waals surface area contributed by atoms with Gasteiger partial charge in [0.2, 0.25) is 5.91 Å². The second-order valence-electron chi connectivity index (χ2n) is 7.11. The van der Waals surface area contributed by atoms with Crippen LogP contribution >= 0.6 is 0 Å². The molecule has 1 aromatic rings. The largest absolute Gasteiger partial charge is 0.481 e. The molecule has 9 heteroatoms. The number of carboxylic acids is 1. The Kier molecular flexibility index (Phi) is 4.09. The second-order valence-corrected chi connectivity index (χ2v) is 7.11. The van der Waals surface area contributed by atoms with E-state index >= 15 is 0 Å². The predicted octanol–water partition coefficient (Wildman–Crippen LogP) is -0.759. The summed E-state index contributed by atoms with van der Waals surface area (Å²) >= 11 is 0. The molecule has 3 N–H and O–H groups in total. The fourth-order valence-electron chi connectivity index (χ4n) is 3.57. The number of carbonyl (C=O) groups is 3. The second kappa shape index (κ2) is 5.98. The third kappa shape index (κ3) is 2.90. The fourth-order valence-corrected chi connectivity index (χ4v) is 3.57. The van der Waals surface area contributed by atoms with Crippen LogP contribution in [0.1, 0.15) is 30.0 Å². The topological polar surface area (TPSA) is 132 Å². The molecule has 0 aliphatic carbocycles. The maximum Gasteiger partial charge on any atom is 0.345 e. The summed E-state index contributed by atoms with van der Waals surface area (Å²) in [5, 5.41) is 12.1. The van der Waals surface area contributed by atoms with Gasteiger partial charge in [0, 0.05) is 25.3 Å². The number of aromatic nitrogens is 2. The van der Waals surface area contributed by atoms with Crippen molar-refractivity contribution >= 4 is 17.8 Å². The van der Waals surface area contributed by atoms with Gasteiger partial charge in [0.15, 0.2) is 0 Å². The number of aromatic amines is 1. The van der Waals surface area contributed by atoms with Gasteiger partial charge in [0.25, 0.3) is 5.91 Å². The fraction of sp³-hybridized carbons (Fsp3) is 0.562. The molecule has 9 nitrogen and oxygen atoms in total. The minimum atomic E-state index is -1.31. The number of hydrogen-bond acceptors (Lipinski definition) is 5. The summed E-state index contributed by atoms with van der Waals surface area (Å²) in [5.41, 5.74) is -1.36. The van der Waals surface area contributed by atoms with Crippen molar-refractivity contribution in [3.05, 3.63) is 27.9 Å². The quantitative estimate of drug-likeness (QED) is 0.655. The number of carbonyl (C=O) groups excluding carboxylic acids is 2. The minimum absolute atomic E-state index is 0.00296. The number of hydrogen-bond donors (Lipinski definition) is 3. The van der Waals surface area contributed by atoms with Crippen molar-refractivity contribution in [3.8, 4) is 0 Å². The standard InChI is InChI=1S/C16H20N4O5/c1-8(2)3-9-4-11(19-15(25)18-9)13(22)20-5-10-12(21)17-6-16(10,7-20)14(23)24/h4,8,10H,3,5-7H2,1-2H3,(H,17,21)(H,23,24)(H,18,19,25)/t10-,16+/m0/s1. The zero-order chi connectivity index (χ0) is 18.4. The Balaban J connectivity index is 1.88. The molecule has 3 heterocycles. The molecule has 0 aromatic carbocycles. The molecule has 2 aliphatic heterocycles. The van der Waals surface area contributed by atoms with Crippen LogP contribution in [0.25, 0.3) is 0 Å². The van der Waals surface area contributed by atoms with Crippen LogP contribution in [0.5, 0.6) is 0 Å². The summed E-state index contributed by atoms with van der Waals surface area (Å²) in [6.07, 6.45) is 0.585. The van der Waals surface area contributed by atoms with Crippen LogP contribution in [0.4, 0.5) is 0 Å². The van der Waals surface area contributed by atoms with Gasteiger partial charge in [-0.25, -0.2) is 4.79 Å². The molecule has 2 atom stereocenters. The molecule has 2 saturated heterocycles. The van der Waals surface area contributed by atoms with E-state index in [0.29, 0.717) is 12.1 Å². The summed E-state index contributed by atoms with van der Waals surface area (Å²) < 4.78 is 0. The predicted molar refractivity (Wildman–Crippen MR) is 85.9 cm³/mol. The Labute approximate surface area is 143 Å². The van der Waals surface area contributed by atoms with Gasteiger partial charge in [-0.2, -0.15) is 4.98 Å². The molecule has 134 valence electrons. The first-order valence-electron chi connectivity index (χ1n) is 8.13. The Bertz CT molecular complexity index is 802. The van der Waals surface area contributed by atoms with E-state index in [1.807, 2.05) is 13.8 Å². The van der Waals surface area contributed by atoms with E-state index in [2.05, 4.69) is 15.3 Å². The van der Waals surface area contributed by atoms with Gasteiger partial charge in [-0.05, 0) is 18.4 Å². The van der Waals surface area contributed by atoms with Crippen LogP contribution in [0, 0.1) is 17.3 Å². The number of fused-ring (bicyclic) bond motifs is 1. The molecule has 2 amide bonds. The SMILES string of the molecule is CC(C)Cc1cc(C(=O)N2C[C@H]3C(=O)NC[C@@]3(C(=O)O)C2)nc(=O)[nH]1. The average Bonchev–Trinajstić information content (AvgIpc) is 3.04. The van der Waals surface area contributed by atoms with Gasteiger partial charge in [-0.1, -0.05) is 13.8 Å². The number of aliphatic carboxylic acids is 1. The van der Waals surface area contributed by atoms with E-state index in [4.69, 9.17) is 0 Å². The Hall–Kier alpha value is -2.71. The zero-order valence-electron chi connectivity index (χ0n) is 14.0. The number of nitrogens with zero attached hydrogens (tertiary/aromatic N) is 2. The van der Waals surface area contributed by atoms with Crippen molar-refractivity contribution in [2.24, 2.45) is 17.3 Å². The van der Waals surface area contributed by atoms with Crippen LogP contribution in [0.15, 0.2) is 10.9 Å². The number of likely N-dealkylation sites (tertiary alicyclic amines) is 1. The van der Waals surface area contributed by atoms with Gasteiger partial charge >= 0.3 is 11.7 Å². The number of amides is 2. The smallest absolute Gasteiger partial charge is 0.345 e. The van der Waals surface area contributed by atoms with Gasteiger partial charge in [0.05, 0.1) is 5.92 Å². The average molecular weight is 348 g/mol. The molecule has 1 aromatic heterocycles. The number of rotatable bonds is 4. The molecule has 0 saturated carbocycles. The Morgan fingerprint density at radius 3 is 2.76 bits per heavy atom. The summed E-state index contributed by atoms with van der Waals surface area (Å²) in [6.45, 7) is 3.88. The maximum atomic E-state index is 12.7. The number of H-pyrrole nitrogens is 1. The van der Waals surface area contributed by atoms with Crippen molar-refractivity contribution in [1.29, 1.82) is 0 Å². The summed E-state index contributed by atoms with van der Waals surface area (Å²) in [5.74, 6) is -2.50. The van der Waals surface area contributed by atoms with Gasteiger partial charge in [-0.15, -0.1) is 0 Å². The lowest BCUT2D eigenvalue weighted by Crippen LogP contribution is -2.41. The van der Waals surface area contributed by atoms with Crippen LogP contribution in [-0.4, -0.2) is 57.4 Å². The van der Waals surface area contributed by atoms with E-state index in [0.717, 1.165) is 0 Å². The van der Waals surface area contributed by atoms with Crippen LogP contribution in [0.2, 0.25) is 0 Å². The highest BCUT2D eigenvalue weighted by Crippen LogP contribution is 2.40. The van der Waals surface area contributed by atoms with Crippen LogP contribution < -0.4 is 11.0 Å². The van der Waals surface area contributed by atoms with E-state index in [9.17, 15) is 24.3 Å². The van der Waals surface area contributed by atoms with E-state index < -0.39 is 28.9 Å². The summed E-state index contributed by atoms with van der Waals surface area (Å²) in [7, 11) is 0. The third-order valence-electron chi connectivity index (χ3n) is 4.80. The molecule has 0 spiro atoms. The highest BCUT2D eigenvalue weighted by atomic mass is 16.4. The van der Waals surface area contributed by atoms with Crippen molar-refractivity contribution in [2.75, 3.05) is 19.6 Å². The lowest BCUT2D eigenvalue weighted by Gasteiger charge is -2.21. The zero-order valence-corrected chi connectivity index (χ0v) is 14.0. The highest BCUT2D eigenvalue weighted by molar-refractivity contribution is 5.97. The number of carboxylic acid groups (broad SMARTS) is 1. The van der Waals surface area contributed by atoms with E-state index in [-0.39, 0.29) is 37.2 Å². The Morgan fingerprint density at radius 1 is 1.44 bits per heavy atom. The summed E-state index contributed by atoms with van der Waals surface area (Å²) in [4.78, 5) is 55.7. The van der Waals surface area contributed by atoms with Crippen molar-refractivity contribution in [2.45, 2.75) is 20.3 Å². The molecule has 25 heavy (non-hydrogen) atoms. The van der Waals surface area contributed by atoms with E-state index in [1.165, 1.54) is 11.0 Å². The molecule has 0 radical (unpaired) electrons. The molecule has 0 unspecified atom stereocenters. The van der Waals surface area contributed by atoms with Crippen LogP contribution in [0.3, 0.4) is 0 Å². The summed E-state index contributed by atoms with van der Waals surface area (Å²) in [6, 6.07) is 1.52. The molecule has 2 fully saturated rings. The molecular weight excluding hydrogens is 328 g/mol. The first kappa shape index (κ1) is 17.1. The molecule has 0 bridgehead atoms. The Morgan fingerprint density at radius 2 is 2.16 bits per heavy atom. The first-order chi connectivity index (χ1) is 11.7. The third-order valence-corrected chi connectivity index (χ3v) is 4.80. The van der Waals surface area contributed by atoms with Gasteiger partial charge in [0.1, 0.15) is 11.1 Å².